The topological polar surface area (TPSA) is 56.6 Å². The zero-order valence-corrected chi connectivity index (χ0v) is 12.5. The maximum Gasteiger partial charge on any atom is 0.180 e. The SMILES string of the molecule is C=C/C=C(\N=C)c1nc(Cl)c2cc(OC)c(OC)cc2n1. The highest BCUT2D eigenvalue weighted by atomic mass is 35.5. The molecule has 5 nitrogen and oxygen atoms in total. The number of aromatic nitrogens is 2. The van der Waals surface area contributed by atoms with Crippen LogP contribution in [0.5, 0.6) is 11.5 Å². The average molecular weight is 304 g/mol. The van der Waals surface area contributed by atoms with Crippen LogP contribution in [0.4, 0.5) is 0 Å². The summed E-state index contributed by atoms with van der Waals surface area (Å²) in [5.74, 6) is 1.49. The molecular weight excluding hydrogens is 290 g/mol. The molecule has 0 spiro atoms. The molecule has 0 unspecified atom stereocenters. The van der Waals surface area contributed by atoms with E-state index < -0.39 is 0 Å². The van der Waals surface area contributed by atoms with E-state index in [1.807, 2.05) is 0 Å². The van der Waals surface area contributed by atoms with Gasteiger partial charge in [-0.2, -0.15) is 0 Å². The number of allylic oxidation sites excluding steroid dienone is 2. The van der Waals surface area contributed by atoms with E-state index in [0.29, 0.717) is 39.1 Å². The molecule has 0 aliphatic carbocycles. The zero-order chi connectivity index (χ0) is 15.4. The molecule has 6 heteroatoms. The molecule has 0 N–H and O–H groups in total. The second-order valence-corrected chi connectivity index (χ2v) is 4.37. The molecule has 0 saturated heterocycles. The fourth-order valence-electron chi connectivity index (χ4n) is 1.84. The summed E-state index contributed by atoms with van der Waals surface area (Å²) in [6.45, 7) is 7.11. The van der Waals surface area contributed by atoms with Crippen molar-refractivity contribution in [3.8, 4) is 11.5 Å². The number of rotatable bonds is 5. The molecule has 0 amide bonds. The molecule has 0 atom stereocenters. The van der Waals surface area contributed by atoms with E-state index in [0.717, 1.165) is 0 Å². The second-order valence-electron chi connectivity index (χ2n) is 4.01. The van der Waals surface area contributed by atoms with Crippen LogP contribution in [0.2, 0.25) is 5.15 Å². The van der Waals surface area contributed by atoms with E-state index in [4.69, 9.17) is 21.1 Å². The quantitative estimate of drug-likeness (QED) is 0.482. The standard InChI is InChI=1S/C15H14ClN3O2/c1-5-6-10(17-2)15-18-11-8-13(21-4)12(20-3)7-9(11)14(16)19-15/h5-8H,1-2H2,3-4H3/b10-6-. The lowest BCUT2D eigenvalue weighted by molar-refractivity contribution is 0.356. The number of methoxy groups -OCH3 is 2. The van der Waals surface area contributed by atoms with Gasteiger partial charge in [0.1, 0.15) is 10.9 Å². The molecule has 1 aromatic carbocycles. The van der Waals surface area contributed by atoms with Gasteiger partial charge in [0.15, 0.2) is 17.3 Å². The molecule has 2 rings (SSSR count). The molecule has 0 radical (unpaired) electrons. The van der Waals surface area contributed by atoms with Crippen LogP contribution in [-0.2, 0) is 0 Å². The minimum absolute atomic E-state index is 0.301. The van der Waals surface area contributed by atoms with Crippen LogP contribution < -0.4 is 9.47 Å². The van der Waals surface area contributed by atoms with Gasteiger partial charge in [-0.3, -0.25) is 4.99 Å². The van der Waals surface area contributed by atoms with Crippen LogP contribution in [0.3, 0.4) is 0 Å². The maximum absolute atomic E-state index is 6.23. The van der Waals surface area contributed by atoms with Crippen molar-refractivity contribution in [3.63, 3.8) is 0 Å². The highest BCUT2D eigenvalue weighted by Gasteiger charge is 2.13. The monoisotopic (exact) mass is 303 g/mol. The molecule has 0 bridgehead atoms. The van der Waals surface area contributed by atoms with Crippen molar-refractivity contribution in [3.05, 3.63) is 41.8 Å². The average Bonchev–Trinajstić information content (AvgIpc) is 2.51. The Morgan fingerprint density at radius 1 is 1.24 bits per heavy atom. The molecule has 0 fully saturated rings. The van der Waals surface area contributed by atoms with E-state index in [2.05, 4.69) is 28.3 Å². The Morgan fingerprint density at radius 3 is 2.48 bits per heavy atom. The first-order chi connectivity index (χ1) is 10.1. The summed E-state index contributed by atoms with van der Waals surface area (Å²) in [5.41, 5.74) is 1.12. The van der Waals surface area contributed by atoms with Crippen LogP contribution in [-0.4, -0.2) is 30.9 Å². The van der Waals surface area contributed by atoms with Crippen LogP contribution in [0.15, 0.2) is 35.9 Å². The van der Waals surface area contributed by atoms with Gasteiger partial charge in [-0.15, -0.1) is 0 Å². The smallest absolute Gasteiger partial charge is 0.180 e. The first kappa shape index (κ1) is 15.0. The summed E-state index contributed by atoms with van der Waals surface area (Å²) in [6.07, 6.45) is 3.24. The summed E-state index contributed by atoms with van der Waals surface area (Å²) in [5, 5.41) is 0.967. The number of hydrogen-bond donors (Lipinski definition) is 0. The highest BCUT2D eigenvalue weighted by molar-refractivity contribution is 6.34. The molecule has 0 aliphatic heterocycles. The Morgan fingerprint density at radius 2 is 1.90 bits per heavy atom. The fourth-order valence-corrected chi connectivity index (χ4v) is 2.07. The van der Waals surface area contributed by atoms with Crippen LogP contribution >= 0.6 is 11.6 Å². The largest absolute Gasteiger partial charge is 0.493 e. The fraction of sp³-hybridized carbons (Fsp3) is 0.133. The minimum atomic E-state index is 0.301. The summed E-state index contributed by atoms with van der Waals surface area (Å²) in [7, 11) is 3.11. The lowest BCUT2D eigenvalue weighted by Gasteiger charge is -2.10. The number of aliphatic imine (C=N–C) groups is 1. The third-order valence-corrected chi connectivity index (χ3v) is 3.12. The van der Waals surface area contributed by atoms with E-state index in [-0.39, 0.29) is 0 Å². The Balaban J connectivity index is 2.72. The van der Waals surface area contributed by atoms with E-state index in [1.54, 1.807) is 38.5 Å². The molecular formula is C15H14ClN3O2. The maximum atomic E-state index is 6.23. The summed E-state index contributed by atoms with van der Waals surface area (Å²) in [6, 6.07) is 3.47. The predicted molar refractivity (Wildman–Crippen MR) is 85.4 cm³/mol. The number of hydrogen-bond acceptors (Lipinski definition) is 5. The zero-order valence-electron chi connectivity index (χ0n) is 11.8. The van der Waals surface area contributed by atoms with Crippen molar-refractivity contribution in [2.75, 3.05) is 14.2 Å². The lowest BCUT2D eigenvalue weighted by atomic mass is 10.2. The van der Waals surface area contributed by atoms with Gasteiger partial charge >= 0.3 is 0 Å². The van der Waals surface area contributed by atoms with Gasteiger partial charge < -0.3 is 9.47 Å². The van der Waals surface area contributed by atoms with E-state index in [1.165, 1.54) is 0 Å². The summed E-state index contributed by atoms with van der Waals surface area (Å²) >= 11 is 6.23. The van der Waals surface area contributed by atoms with Crippen LogP contribution in [0, 0.1) is 0 Å². The Labute approximate surface area is 127 Å². The third kappa shape index (κ3) is 2.87. The van der Waals surface area contributed by atoms with Crippen molar-refractivity contribution >= 4 is 34.9 Å². The number of benzene rings is 1. The number of ether oxygens (including phenoxy) is 2. The lowest BCUT2D eigenvalue weighted by Crippen LogP contribution is -1.97. The summed E-state index contributed by atoms with van der Waals surface area (Å²) in [4.78, 5) is 12.5. The third-order valence-electron chi connectivity index (χ3n) is 2.83. The van der Waals surface area contributed by atoms with Crippen LogP contribution in [0.25, 0.3) is 16.6 Å². The number of fused-ring (bicyclic) bond motifs is 1. The van der Waals surface area contributed by atoms with Crippen molar-refractivity contribution in [2.24, 2.45) is 4.99 Å². The van der Waals surface area contributed by atoms with Gasteiger partial charge in [0.05, 0.1) is 19.7 Å². The Bertz CT molecular complexity index is 741. The van der Waals surface area contributed by atoms with Gasteiger partial charge in [-0.1, -0.05) is 24.3 Å². The molecule has 1 heterocycles. The molecule has 0 saturated carbocycles. The highest BCUT2D eigenvalue weighted by Crippen LogP contribution is 2.34. The Hall–Kier alpha value is -2.40. The van der Waals surface area contributed by atoms with Crippen molar-refractivity contribution < 1.29 is 9.47 Å². The van der Waals surface area contributed by atoms with Gasteiger partial charge in [0, 0.05) is 11.5 Å². The summed E-state index contributed by atoms with van der Waals surface area (Å²) < 4.78 is 10.5. The Kier molecular flexibility index (Phi) is 4.55. The first-order valence-corrected chi connectivity index (χ1v) is 6.41. The van der Waals surface area contributed by atoms with Crippen molar-refractivity contribution in [1.29, 1.82) is 0 Å². The minimum Gasteiger partial charge on any atom is -0.493 e. The second kappa shape index (κ2) is 6.37. The number of halogens is 1. The van der Waals surface area contributed by atoms with Crippen LogP contribution in [0.1, 0.15) is 5.82 Å². The normalized spacial score (nSPS) is 11.3. The van der Waals surface area contributed by atoms with Gasteiger partial charge in [0.25, 0.3) is 0 Å². The molecule has 2 aromatic rings. The van der Waals surface area contributed by atoms with Gasteiger partial charge in [0.2, 0.25) is 0 Å². The molecule has 0 aliphatic rings. The van der Waals surface area contributed by atoms with Gasteiger partial charge in [-0.25, -0.2) is 9.97 Å². The molecule has 21 heavy (non-hydrogen) atoms. The predicted octanol–water partition coefficient (Wildman–Crippen LogP) is 3.53. The van der Waals surface area contributed by atoms with E-state index >= 15 is 0 Å². The molecule has 1 aromatic heterocycles. The van der Waals surface area contributed by atoms with Gasteiger partial charge in [-0.05, 0) is 18.9 Å². The first-order valence-electron chi connectivity index (χ1n) is 6.03. The van der Waals surface area contributed by atoms with Crippen molar-refractivity contribution in [1.82, 2.24) is 9.97 Å². The number of nitrogens with zero attached hydrogens (tertiary/aromatic N) is 3. The van der Waals surface area contributed by atoms with Crippen molar-refractivity contribution in [2.45, 2.75) is 0 Å². The van der Waals surface area contributed by atoms with E-state index in [9.17, 15) is 0 Å². The molecule has 108 valence electrons.